The normalized spacial score (nSPS) is 18.5. The van der Waals surface area contributed by atoms with Crippen molar-refractivity contribution < 1.29 is 0 Å². The summed E-state index contributed by atoms with van der Waals surface area (Å²) in [6, 6.07) is 41.3. The van der Waals surface area contributed by atoms with Crippen LogP contribution in [-0.4, -0.2) is 14.7 Å². The predicted octanol–water partition coefficient (Wildman–Crippen LogP) is 8.12. The fourth-order valence-electron chi connectivity index (χ4n) is 5.86. The van der Waals surface area contributed by atoms with Crippen LogP contribution >= 0.6 is 0 Å². The second-order valence-electron chi connectivity index (χ2n) is 9.32. The molecule has 1 aliphatic rings. The molecule has 1 saturated heterocycles. The molecule has 0 N–H and O–H groups in total. The zero-order chi connectivity index (χ0) is 21.8. The molecule has 1 aliphatic heterocycles. The molecule has 0 saturated carbocycles. The van der Waals surface area contributed by atoms with Crippen molar-refractivity contribution in [1.82, 2.24) is 0 Å². The van der Waals surface area contributed by atoms with Gasteiger partial charge in [0.2, 0.25) is 0 Å². The summed E-state index contributed by atoms with van der Waals surface area (Å²) < 4.78 is 2.38. The molecule has 6 aromatic rings. The molecule has 2 unspecified atom stereocenters. The molecular weight excluding hydrogens is 459 g/mol. The Balaban J connectivity index is 1.41. The summed E-state index contributed by atoms with van der Waals surface area (Å²) in [4.78, 5) is 0. The van der Waals surface area contributed by atoms with Crippen molar-refractivity contribution in [2.75, 3.05) is 0 Å². The van der Waals surface area contributed by atoms with Crippen LogP contribution < -0.4 is 4.35 Å². The van der Waals surface area contributed by atoms with Crippen molar-refractivity contribution in [3.8, 4) is 0 Å². The van der Waals surface area contributed by atoms with E-state index >= 15 is 0 Å². The zero-order valence-electron chi connectivity index (χ0n) is 18.5. The number of hydrogen-bond acceptors (Lipinski definition) is 0. The molecule has 7 rings (SSSR count). The minimum absolute atomic E-state index is 0.708. The van der Waals surface area contributed by atoms with E-state index < -0.39 is 14.7 Å². The van der Waals surface area contributed by atoms with Crippen LogP contribution in [0, 0.1) is 0 Å². The Labute approximate surface area is 199 Å². The minimum atomic E-state index is -1.27. The zero-order valence-corrected chi connectivity index (χ0v) is 20.4. The Morgan fingerprint density at radius 3 is 1.76 bits per heavy atom. The molecule has 0 aliphatic carbocycles. The van der Waals surface area contributed by atoms with Crippen molar-refractivity contribution in [3.05, 3.63) is 115 Å². The Bertz CT molecular complexity index is 1540. The van der Waals surface area contributed by atoms with Gasteiger partial charge in [-0.05, 0) is 0 Å². The topological polar surface area (TPSA) is 0 Å². The standard InChI is InChI=1S/C32H25As/c1-3-10-24-20-29-26(18-22(24)8-1)12-5-14-28(29)31-16-7-17-33(31)32-15-6-13-27-19-23-9-2-4-11-25(23)21-30(27)32/h1-6,8-15,18-21,31H,7,16-17H2. The van der Waals surface area contributed by atoms with Gasteiger partial charge in [0.25, 0.3) is 0 Å². The molecule has 0 bridgehead atoms. The van der Waals surface area contributed by atoms with E-state index in [1.165, 1.54) is 61.1 Å². The molecule has 0 radical (unpaired) electrons. The van der Waals surface area contributed by atoms with Crippen LogP contribution in [0.15, 0.2) is 109 Å². The van der Waals surface area contributed by atoms with E-state index in [1.807, 2.05) is 0 Å². The fraction of sp³-hybridized carbons (Fsp3) is 0.125. The Morgan fingerprint density at radius 1 is 0.515 bits per heavy atom. The van der Waals surface area contributed by atoms with Crippen molar-refractivity contribution in [3.63, 3.8) is 0 Å². The van der Waals surface area contributed by atoms with E-state index in [-0.39, 0.29) is 0 Å². The van der Waals surface area contributed by atoms with Gasteiger partial charge in [-0.15, -0.1) is 0 Å². The van der Waals surface area contributed by atoms with Crippen LogP contribution in [0.3, 0.4) is 0 Å². The van der Waals surface area contributed by atoms with Crippen LogP contribution in [0.1, 0.15) is 23.1 Å². The summed E-state index contributed by atoms with van der Waals surface area (Å²) >= 11 is -1.27. The maximum atomic E-state index is 2.46. The molecule has 1 heterocycles. The first-order valence-corrected chi connectivity index (χ1v) is 15.3. The molecule has 0 spiro atoms. The van der Waals surface area contributed by atoms with Gasteiger partial charge < -0.3 is 0 Å². The molecule has 33 heavy (non-hydrogen) atoms. The van der Waals surface area contributed by atoms with Gasteiger partial charge in [-0.25, -0.2) is 0 Å². The summed E-state index contributed by atoms with van der Waals surface area (Å²) in [5.41, 5.74) is 1.59. The van der Waals surface area contributed by atoms with E-state index in [1.54, 1.807) is 9.91 Å². The van der Waals surface area contributed by atoms with Gasteiger partial charge in [-0.1, -0.05) is 0 Å². The Morgan fingerprint density at radius 2 is 1.06 bits per heavy atom. The molecule has 158 valence electrons. The molecule has 1 fully saturated rings. The van der Waals surface area contributed by atoms with Crippen molar-refractivity contribution >= 4 is 62.1 Å². The average Bonchev–Trinajstić information content (AvgIpc) is 3.35. The third-order valence-corrected chi connectivity index (χ3v) is 13.9. The maximum absolute atomic E-state index is 2.46. The average molecular weight is 484 g/mol. The second kappa shape index (κ2) is 7.75. The van der Waals surface area contributed by atoms with Gasteiger partial charge in [-0.3, -0.25) is 0 Å². The molecule has 2 atom stereocenters. The monoisotopic (exact) mass is 484 g/mol. The number of benzene rings is 6. The quantitative estimate of drug-likeness (QED) is 0.172. The number of rotatable bonds is 2. The van der Waals surface area contributed by atoms with Gasteiger partial charge in [0, 0.05) is 0 Å². The summed E-state index contributed by atoms with van der Waals surface area (Å²) in [5.74, 6) is 0. The van der Waals surface area contributed by atoms with Crippen molar-refractivity contribution in [1.29, 1.82) is 0 Å². The predicted molar refractivity (Wildman–Crippen MR) is 145 cm³/mol. The van der Waals surface area contributed by atoms with E-state index in [4.69, 9.17) is 0 Å². The first-order chi connectivity index (χ1) is 16.3. The molecule has 1 heteroatoms. The summed E-state index contributed by atoms with van der Waals surface area (Å²) in [6.07, 6.45) is 2.69. The van der Waals surface area contributed by atoms with E-state index in [9.17, 15) is 0 Å². The van der Waals surface area contributed by atoms with Crippen molar-refractivity contribution in [2.24, 2.45) is 0 Å². The van der Waals surface area contributed by atoms with Gasteiger partial charge in [-0.2, -0.15) is 0 Å². The first kappa shape index (κ1) is 19.4. The van der Waals surface area contributed by atoms with Crippen LogP contribution in [0.5, 0.6) is 0 Å². The van der Waals surface area contributed by atoms with Gasteiger partial charge >= 0.3 is 200 Å². The van der Waals surface area contributed by atoms with E-state index in [2.05, 4.69) is 109 Å². The molecule has 6 aromatic carbocycles. The third-order valence-electron chi connectivity index (χ3n) is 7.43. The summed E-state index contributed by atoms with van der Waals surface area (Å²) in [5, 5.41) is 12.5. The third kappa shape index (κ3) is 3.20. The Hall–Kier alpha value is -3.08. The van der Waals surface area contributed by atoms with Crippen molar-refractivity contribution in [2.45, 2.75) is 22.8 Å². The van der Waals surface area contributed by atoms with Crippen LogP contribution in [-0.2, 0) is 0 Å². The summed E-state index contributed by atoms with van der Waals surface area (Å²) in [7, 11) is 0. The first-order valence-electron chi connectivity index (χ1n) is 11.9. The number of fused-ring (bicyclic) bond motifs is 4. The molecule has 0 nitrogen and oxygen atoms in total. The summed E-state index contributed by atoms with van der Waals surface area (Å²) in [6.45, 7) is 0. The van der Waals surface area contributed by atoms with E-state index in [0.29, 0.717) is 4.71 Å². The van der Waals surface area contributed by atoms with Crippen LogP contribution in [0.4, 0.5) is 0 Å². The fourth-order valence-corrected chi connectivity index (χ4v) is 12.7. The number of hydrogen-bond donors (Lipinski definition) is 0. The van der Waals surface area contributed by atoms with Gasteiger partial charge in [0.15, 0.2) is 0 Å². The van der Waals surface area contributed by atoms with E-state index in [0.717, 1.165) is 0 Å². The Kier molecular flexibility index (Phi) is 4.56. The van der Waals surface area contributed by atoms with Gasteiger partial charge in [0.05, 0.1) is 0 Å². The van der Waals surface area contributed by atoms with Crippen LogP contribution in [0.25, 0.3) is 43.1 Å². The molecular formula is C32H25As. The van der Waals surface area contributed by atoms with Gasteiger partial charge in [0.1, 0.15) is 0 Å². The van der Waals surface area contributed by atoms with Crippen LogP contribution in [0.2, 0.25) is 5.21 Å². The SMILES string of the molecule is c1ccc2cc3c(C4CCC[As]4c4cccc5cc6ccccc6cc45)cccc3cc2c1. The second-order valence-corrected chi connectivity index (χ2v) is 14.5. The molecule has 0 aromatic heterocycles. The molecule has 0 amide bonds.